The molecule has 0 spiro atoms. The number of ether oxygens (including phenoxy) is 1. The number of hydrogen-bond acceptors (Lipinski definition) is 3. The Kier molecular flexibility index (Phi) is 4.25. The van der Waals surface area contributed by atoms with Crippen LogP contribution in [0.4, 0.5) is 0 Å². The highest BCUT2D eigenvalue weighted by Gasteiger charge is 2.24. The van der Waals surface area contributed by atoms with Crippen LogP contribution < -0.4 is 0 Å². The van der Waals surface area contributed by atoms with E-state index in [1.165, 1.54) is 7.11 Å². The number of halogens is 1. The molecular formula is C15H15ClN2O2. The maximum absolute atomic E-state index is 11.9. The maximum Gasteiger partial charge on any atom is 0.341 e. The topological polar surface area (TPSA) is 44.1 Å². The molecule has 0 bridgehead atoms. The molecule has 2 aromatic heterocycles. The first kappa shape index (κ1) is 14.3. The van der Waals surface area contributed by atoms with Crippen LogP contribution in [0, 0.1) is 6.92 Å². The number of rotatable bonds is 4. The van der Waals surface area contributed by atoms with Crippen LogP contribution in [-0.4, -0.2) is 22.6 Å². The first-order chi connectivity index (χ1) is 9.61. The van der Waals surface area contributed by atoms with Crippen LogP contribution in [0.2, 0.25) is 5.02 Å². The van der Waals surface area contributed by atoms with Crippen molar-refractivity contribution in [2.75, 3.05) is 7.11 Å². The van der Waals surface area contributed by atoms with Gasteiger partial charge in [0, 0.05) is 30.2 Å². The molecule has 0 aliphatic heterocycles. The van der Waals surface area contributed by atoms with Crippen LogP contribution in [0.15, 0.2) is 37.2 Å². The van der Waals surface area contributed by atoms with Gasteiger partial charge in [-0.3, -0.25) is 4.98 Å². The van der Waals surface area contributed by atoms with E-state index in [2.05, 4.69) is 11.6 Å². The summed E-state index contributed by atoms with van der Waals surface area (Å²) in [4.78, 5) is 15.9. The Morgan fingerprint density at radius 1 is 1.50 bits per heavy atom. The molecule has 20 heavy (non-hydrogen) atoms. The largest absolute Gasteiger partial charge is 0.465 e. The van der Waals surface area contributed by atoms with Crippen LogP contribution in [0.3, 0.4) is 0 Å². The summed E-state index contributed by atoms with van der Waals surface area (Å²) < 4.78 is 6.75. The van der Waals surface area contributed by atoms with E-state index in [1.54, 1.807) is 18.5 Å². The monoisotopic (exact) mass is 290 g/mol. The molecule has 5 heteroatoms. The molecule has 2 heterocycles. The zero-order chi connectivity index (χ0) is 14.7. The molecule has 2 rings (SSSR count). The number of pyridine rings is 1. The number of carbonyl (C=O) groups is 1. The Morgan fingerprint density at radius 3 is 2.70 bits per heavy atom. The van der Waals surface area contributed by atoms with Crippen molar-refractivity contribution in [2.24, 2.45) is 0 Å². The lowest BCUT2D eigenvalue weighted by Gasteiger charge is -2.09. The fourth-order valence-corrected chi connectivity index (χ4v) is 2.61. The van der Waals surface area contributed by atoms with Gasteiger partial charge in [0.25, 0.3) is 0 Å². The number of esters is 1. The summed E-state index contributed by atoms with van der Waals surface area (Å²) in [5, 5.41) is 0.391. The van der Waals surface area contributed by atoms with E-state index >= 15 is 0 Å². The van der Waals surface area contributed by atoms with Crippen molar-refractivity contribution in [1.29, 1.82) is 0 Å². The molecule has 0 aliphatic rings. The van der Waals surface area contributed by atoms with Gasteiger partial charge in [0.15, 0.2) is 0 Å². The summed E-state index contributed by atoms with van der Waals surface area (Å²) in [7, 11) is 1.34. The molecule has 0 saturated carbocycles. The molecular weight excluding hydrogens is 276 g/mol. The van der Waals surface area contributed by atoms with Gasteiger partial charge in [0.1, 0.15) is 0 Å². The van der Waals surface area contributed by atoms with E-state index in [0.717, 1.165) is 17.0 Å². The molecule has 0 aliphatic carbocycles. The zero-order valence-corrected chi connectivity index (χ0v) is 12.1. The Morgan fingerprint density at radius 2 is 2.15 bits per heavy atom. The Labute approximate surface area is 122 Å². The van der Waals surface area contributed by atoms with Crippen molar-refractivity contribution >= 4 is 17.6 Å². The van der Waals surface area contributed by atoms with E-state index in [1.807, 2.05) is 23.6 Å². The smallest absolute Gasteiger partial charge is 0.341 e. The lowest BCUT2D eigenvalue weighted by molar-refractivity contribution is 0.0600. The second-order valence-electron chi connectivity index (χ2n) is 4.25. The van der Waals surface area contributed by atoms with E-state index in [-0.39, 0.29) is 0 Å². The Hall–Kier alpha value is -2.07. The van der Waals surface area contributed by atoms with Crippen molar-refractivity contribution in [3.05, 3.63) is 53.5 Å². The van der Waals surface area contributed by atoms with Crippen molar-refractivity contribution in [3.63, 3.8) is 0 Å². The van der Waals surface area contributed by atoms with Gasteiger partial charge in [-0.25, -0.2) is 4.79 Å². The van der Waals surface area contributed by atoms with Gasteiger partial charge < -0.3 is 9.30 Å². The van der Waals surface area contributed by atoms with Crippen LogP contribution in [0.25, 0.3) is 11.3 Å². The van der Waals surface area contributed by atoms with Crippen molar-refractivity contribution in [2.45, 2.75) is 13.5 Å². The molecule has 0 saturated heterocycles. The normalized spacial score (nSPS) is 10.3. The summed E-state index contributed by atoms with van der Waals surface area (Å²) >= 11 is 6.40. The van der Waals surface area contributed by atoms with Gasteiger partial charge in [0.2, 0.25) is 0 Å². The summed E-state index contributed by atoms with van der Waals surface area (Å²) in [6.45, 7) is 6.14. The van der Waals surface area contributed by atoms with Crippen LogP contribution in [0.1, 0.15) is 16.1 Å². The third-order valence-electron chi connectivity index (χ3n) is 3.12. The first-order valence-electron chi connectivity index (χ1n) is 6.10. The van der Waals surface area contributed by atoms with Crippen molar-refractivity contribution < 1.29 is 9.53 Å². The Bertz CT molecular complexity index is 648. The summed E-state index contributed by atoms with van der Waals surface area (Å²) in [6.07, 6.45) is 5.13. The predicted octanol–water partition coefficient (Wildman–Crippen LogP) is 3.48. The summed E-state index contributed by atoms with van der Waals surface area (Å²) in [5.41, 5.74) is 2.81. The second kappa shape index (κ2) is 5.92. The molecule has 0 fully saturated rings. The molecule has 0 atom stereocenters. The first-order valence-corrected chi connectivity index (χ1v) is 6.47. The second-order valence-corrected chi connectivity index (χ2v) is 4.63. The summed E-state index contributed by atoms with van der Waals surface area (Å²) in [5.74, 6) is -0.439. The molecule has 0 N–H and O–H groups in total. The highest BCUT2D eigenvalue weighted by molar-refractivity contribution is 6.36. The minimum Gasteiger partial charge on any atom is -0.465 e. The van der Waals surface area contributed by atoms with Gasteiger partial charge in [-0.2, -0.15) is 0 Å². The van der Waals surface area contributed by atoms with Gasteiger partial charge in [-0.1, -0.05) is 17.7 Å². The number of hydrogen-bond donors (Lipinski definition) is 0. The molecule has 4 nitrogen and oxygen atoms in total. The van der Waals surface area contributed by atoms with Crippen LogP contribution in [0.5, 0.6) is 0 Å². The van der Waals surface area contributed by atoms with Crippen LogP contribution >= 0.6 is 11.6 Å². The third-order valence-corrected chi connectivity index (χ3v) is 3.49. The van der Waals surface area contributed by atoms with E-state index in [4.69, 9.17) is 16.3 Å². The zero-order valence-electron chi connectivity index (χ0n) is 11.4. The molecule has 0 amide bonds. The van der Waals surface area contributed by atoms with Gasteiger partial charge in [-0.05, 0) is 19.1 Å². The lowest BCUT2D eigenvalue weighted by Crippen LogP contribution is -2.05. The number of methoxy groups -OCH3 is 1. The van der Waals surface area contributed by atoms with Gasteiger partial charge in [-0.15, -0.1) is 6.58 Å². The third kappa shape index (κ3) is 2.34. The van der Waals surface area contributed by atoms with E-state index in [9.17, 15) is 4.79 Å². The van der Waals surface area contributed by atoms with Crippen molar-refractivity contribution in [1.82, 2.24) is 9.55 Å². The number of carbonyl (C=O) groups excluding carboxylic acids is 1. The lowest BCUT2D eigenvalue weighted by atomic mass is 10.1. The minimum absolute atomic E-state index is 0.391. The van der Waals surface area contributed by atoms with E-state index < -0.39 is 5.97 Å². The van der Waals surface area contributed by atoms with Gasteiger partial charge in [0.05, 0.1) is 23.4 Å². The molecule has 0 aromatic carbocycles. The number of allylic oxidation sites excluding steroid dienone is 1. The molecule has 0 radical (unpaired) electrons. The van der Waals surface area contributed by atoms with Crippen molar-refractivity contribution in [3.8, 4) is 11.3 Å². The van der Waals surface area contributed by atoms with Crippen LogP contribution in [-0.2, 0) is 11.3 Å². The quantitative estimate of drug-likeness (QED) is 0.639. The molecule has 2 aromatic rings. The highest BCUT2D eigenvalue weighted by Crippen LogP contribution is 2.35. The fraction of sp³-hybridized carbons (Fsp3) is 0.200. The fourth-order valence-electron chi connectivity index (χ4n) is 2.19. The predicted molar refractivity (Wildman–Crippen MR) is 78.9 cm³/mol. The molecule has 0 unspecified atom stereocenters. The molecule has 104 valence electrons. The van der Waals surface area contributed by atoms with E-state index in [0.29, 0.717) is 17.1 Å². The Balaban J connectivity index is 2.72. The number of aromatic nitrogens is 2. The average Bonchev–Trinajstić information content (AvgIpc) is 2.71. The highest BCUT2D eigenvalue weighted by atomic mass is 35.5. The van der Waals surface area contributed by atoms with Gasteiger partial charge >= 0.3 is 5.97 Å². The average molecular weight is 291 g/mol. The minimum atomic E-state index is -0.439. The number of nitrogens with zero attached hydrogens (tertiary/aromatic N) is 2. The maximum atomic E-state index is 11.9. The SMILES string of the molecule is C=CCn1c(C)c(C(=O)OC)c(Cl)c1-c1ccncc1. The summed E-state index contributed by atoms with van der Waals surface area (Å²) in [6, 6.07) is 3.70. The standard InChI is InChI=1S/C15H15ClN2O2/c1-4-9-18-10(2)12(15(19)20-3)13(16)14(18)11-5-7-17-8-6-11/h4-8H,1,9H2,2-3H3.